The molecule has 2 atom stereocenters. The first-order valence-electron chi connectivity index (χ1n) is 6.55. The van der Waals surface area contributed by atoms with Crippen LogP contribution in [0.3, 0.4) is 0 Å². The summed E-state index contributed by atoms with van der Waals surface area (Å²) in [4.78, 5) is 2.12. The predicted molar refractivity (Wildman–Crippen MR) is 81.8 cm³/mol. The van der Waals surface area contributed by atoms with Gasteiger partial charge in [0.15, 0.2) is 0 Å². The number of aliphatic hydroxyl groups is 1. The Balaban J connectivity index is 2.23. The van der Waals surface area contributed by atoms with Gasteiger partial charge in [0.25, 0.3) is 0 Å². The van der Waals surface area contributed by atoms with Crippen molar-refractivity contribution in [2.24, 2.45) is 5.73 Å². The number of hydrogen-bond acceptors (Lipinski definition) is 3. The molecule has 0 aromatic heterocycles. The van der Waals surface area contributed by atoms with E-state index in [1.54, 1.807) is 0 Å². The molecule has 4 N–H and O–H groups in total. The van der Waals surface area contributed by atoms with Crippen LogP contribution in [0.5, 0.6) is 0 Å². The van der Waals surface area contributed by atoms with Gasteiger partial charge in [-0.3, -0.25) is 5.41 Å². The molecule has 19 heavy (non-hydrogen) atoms. The van der Waals surface area contributed by atoms with E-state index in [0.717, 1.165) is 35.8 Å². The van der Waals surface area contributed by atoms with Crippen molar-refractivity contribution in [1.82, 2.24) is 0 Å². The normalized spacial score (nSPS) is 23.1. The lowest BCUT2D eigenvalue weighted by Crippen LogP contribution is -2.43. The van der Waals surface area contributed by atoms with Gasteiger partial charge in [-0.25, -0.2) is 0 Å². The standard InChI is InChI=1S/C14H20BrN3O/c1-18(12-4-2-3-5-13(12)19)11-7-6-9(14(16)17)8-10(11)15/h6-8,12-13,19H,2-5H2,1H3,(H3,16,17). The number of nitrogens with zero attached hydrogens (tertiary/aromatic N) is 1. The van der Waals surface area contributed by atoms with Crippen LogP contribution in [-0.2, 0) is 0 Å². The summed E-state index contributed by atoms with van der Waals surface area (Å²) in [7, 11) is 2.01. The molecule has 1 aromatic rings. The molecule has 1 aliphatic carbocycles. The van der Waals surface area contributed by atoms with E-state index in [0.29, 0.717) is 5.56 Å². The fourth-order valence-corrected chi connectivity index (χ4v) is 3.34. The van der Waals surface area contributed by atoms with Crippen LogP contribution in [0.1, 0.15) is 31.2 Å². The van der Waals surface area contributed by atoms with Gasteiger partial charge in [0, 0.05) is 17.1 Å². The van der Waals surface area contributed by atoms with Crippen LogP contribution < -0.4 is 10.6 Å². The number of nitrogen functional groups attached to an aromatic ring is 1. The first-order chi connectivity index (χ1) is 9.00. The Morgan fingerprint density at radius 1 is 1.42 bits per heavy atom. The summed E-state index contributed by atoms with van der Waals surface area (Å²) >= 11 is 3.53. The highest BCUT2D eigenvalue weighted by atomic mass is 79.9. The lowest BCUT2D eigenvalue weighted by atomic mass is 9.91. The van der Waals surface area contributed by atoms with Crippen LogP contribution in [0, 0.1) is 5.41 Å². The third-order valence-electron chi connectivity index (χ3n) is 3.83. The fourth-order valence-electron chi connectivity index (χ4n) is 2.68. The molecule has 1 aromatic carbocycles. The SMILES string of the molecule is CN(c1ccc(C(=N)N)cc1Br)C1CCCCC1O. The van der Waals surface area contributed by atoms with E-state index in [1.807, 2.05) is 25.2 Å². The average Bonchev–Trinajstić information content (AvgIpc) is 2.38. The second kappa shape index (κ2) is 5.92. The maximum Gasteiger partial charge on any atom is 0.122 e. The first kappa shape index (κ1) is 14.3. The van der Waals surface area contributed by atoms with E-state index < -0.39 is 0 Å². The molecule has 1 fully saturated rings. The Kier molecular flexibility index (Phi) is 4.47. The molecular formula is C14H20BrN3O. The molecule has 0 bridgehead atoms. The van der Waals surface area contributed by atoms with E-state index in [4.69, 9.17) is 11.1 Å². The Morgan fingerprint density at radius 2 is 2.11 bits per heavy atom. The summed E-state index contributed by atoms with van der Waals surface area (Å²) in [6, 6.07) is 5.80. The maximum absolute atomic E-state index is 10.1. The summed E-state index contributed by atoms with van der Waals surface area (Å²) in [5.74, 6) is 0.0626. The Bertz CT molecular complexity index is 478. The molecule has 0 amide bonds. The van der Waals surface area contributed by atoms with Crippen molar-refractivity contribution in [3.63, 3.8) is 0 Å². The summed E-state index contributed by atoms with van der Waals surface area (Å²) in [6.07, 6.45) is 3.89. The number of nitrogens with two attached hydrogens (primary N) is 1. The Hall–Kier alpha value is -1.07. The molecule has 0 radical (unpaired) electrons. The second-order valence-electron chi connectivity index (χ2n) is 5.11. The van der Waals surface area contributed by atoms with Gasteiger partial charge in [0.2, 0.25) is 0 Å². The number of amidine groups is 1. The van der Waals surface area contributed by atoms with Crippen LogP contribution in [0.4, 0.5) is 5.69 Å². The molecule has 2 rings (SSSR count). The smallest absolute Gasteiger partial charge is 0.122 e. The van der Waals surface area contributed by atoms with Crippen molar-refractivity contribution in [2.75, 3.05) is 11.9 Å². The Labute approximate surface area is 122 Å². The molecule has 1 saturated carbocycles. The number of anilines is 1. The molecule has 0 aliphatic heterocycles. The van der Waals surface area contributed by atoms with Gasteiger partial charge in [-0.1, -0.05) is 12.8 Å². The van der Waals surface area contributed by atoms with Crippen LogP contribution in [0.15, 0.2) is 22.7 Å². The second-order valence-corrected chi connectivity index (χ2v) is 5.96. The largest absolute Gasteiger partial charge is 0.391 e. The van der Waals surface area contributed by atoms with Crippen molar-refractivity contribution in [1.29, 1.82) is 5.41 Å². The van der Waals surface area contributed by atoms with E-state index in [1.165, 1.54) is 0 Å². The van der Waals surface area contributed by atoms with Gasteiger partial charge in [0.05, 0.1) is 17.8 Å². The van der Waals surface area contributed by atoms with Crippen molar-refractivity contribution in [3.8, 4) is 0 Å². The lowest BCUT2D eigenvalue weighted by molar-refractivity contribution is 0.106. The van der Waals surface area contributed by atoms with E-state index in [-0.39, 0.29) is 18.0 Å². The molecule has 104 valence electrons. The third kappa shape index (κ3) is 3.09. The number of likely N-dealkylation sites (N-methyl/N-ethyl adjacent to an activating group) is 1. The van der Waals surface area contributed by atoms with Gasteiger partial charge >= 0.3 is 0 Å². The van der Waals surface area contributed by atoms with Crippen LogP contribution >= 0.6 is 15.9 Å². The minimum Gasteiger partial charge on any atom is -0.391 e. The number of benzene rings is 1. The molecule has 2 unspecified atom stereocenters. The van der Waals surface area contributed by atoms with Gasteiger partial charge < -0.3 is 15.7 Å². The summed E-state index contributed by atoms with van der Waals surface area (Å²) in [6.45, 7) is 0. The van der Waals surface area contributed by atoms with E-state index in [2.05, 4.69) is 20.8 Å². The van der Waals surface area contributed by atoms with Gasteiger partial charge in [-0.2, -0.15) is 0 Å². The highest BCUT2D eigenvalue weighted by Crippen LogP contribution is 2.32. The van der Waals surface area contributed by atoms with Crippen molar-refractivity contribution >= 4 is 27.5 Å². The van der Waals surface area contributed by atoms with Crippen molar-refractivity contribution in [2.45, 2.75) is 37.8 Å². The molecule has 5 heteroatoms. The monoisotopic (exact) mass is 325 g/mol. The fraction of sp³-hybridized carbons (Fsp3) is 0.500. The Morgan fingerprint density at radius 3 is 2.68 bits per heavy atom. The number of rotatable bonds is 3. The number of halogens is 1. The highest BCUT2D eigenvalue weighted by Gasteiger charge is 2.27. The maximum atomic E-state index is 10.1. The molecule has 0 heterocycles. The minimum absolute atomic E-state index is 0.0626. The van der Waals surface area contributed by atoms with Crippen LogP contribution in [0.2, 0.25) is 0 Å². The topological polar surface area (TPSA) is 73.3 Å². The van der Waals surface area contributed by atoms with E-state index in [9.17, 15) is 5.11 Å². The van der Waals surface area contributed by atoms with Gasteiger partial charge in [-0.05, 0) is 47.0 Å². The first-order valence-corrected chi connectivity index (χ1v) is 7.35. The predicted octanol–water partition coefficient (Wildman–Crippen LogP) is 2.47. The zero-order valence-electron chi connectivity index (χ0n) is 11.1. The zero-order chi connectivity index (χ0) is 14.0. The van der Waals surface area contributed by atoms with Gasteiger partial charge in [0.1, 0.15) is 5.84 Å². The molecule has 0 spiro atoms. The van der Waals surface area contributed by atoms with Gasteiger partial charge in [-0.15, -0.1) is 0 Å². The zero-order valence-corrected chi connectivity index (χ0v) is 12.7. The van der Waals surface area contributed by atoms with Crippen molar-refractivity contribution in [3.05, 3.63) is 28.2 Å². The average molecular weight is 326 g/mol. The van der Waals surface area contributed by atoms with E-state index >= 15 is 0 Å². The van der Waals surface area contributed by atoms with Crippen LogP contribution in [0.25, 0.3) is 0 Å². The summed E-state index contributed by atoms with van der Waals surface area (Å²) < 4.78 is 0.903. The number of nitrogens with one attached hydrogen (secondary N) is 1. The summed E-state index contributed by atoms with van der Waals surface area (Å²) in [5, 5.41) is 17.6. The summed E-state index contributed by atoms with van der Waals surface area (Å²) in [5.41, 5.74) is 7.21. The van der Waals surface area contributed by atoms with Crippen molar-refractivity contribution < 1.29 is 5.11 Å². The minimum atomic E-state index is -0.266. The molecule has 4 nitrogen and oxygen atoms in total. The number of aliphatic hydroxyl groups excluding tert-OH is 1. The quantitative estimate of drug-likeness (QED) is 0.590. The molecule has 1 aliphatic rings. The molecular weight excluding hydrogens is 306 g/mol. The molecule has 0 saturated heterocycles. The highest BCUT2D eigenvalue weighted by molar-refractivity contribution is 9.10. The van der Waals surface area contributed by atoms with Crippen LogP contribution in [-0.4, -0.2) is 30.1 Å². The lowest BCUT2D eigenvalue weighted by Gasteiger charge is -2.37. The third-order valence-corrected chi connectivity index (χ3v) is 4.47. The number of hydrogen-bond donors (Lipinski definition) is 3.